The van der Waals surface area contributed by atoms with Gasteiger partial charge in [-0.25, -0.2) is 0 Å². The molecule has 2 atom stereocenters. The van der Waals surface area contributed by atoms with Gasteiger partial charge in [0.05, 0.1) is 25.9 Å². The van der Waals surface area contributed by atoms with Gasteiger partial charge in [-0.3, -0.25) is 14.5 Å². The monoisotopic (exact) mass is 546 g/mol. The molecule has 0 unspecified atom stereocenters. The van der Waals surface area contributed by atoms with Crippen molar-refractivity contribution in [1.29, 1.82) is 0 Å². The minimum Gasteiger partial charge on any atom is -0.497 e. The molecule has 0 bridgehead atoms. The standard InChI is InChI=1S/C28H26ClF3N2O4/c1-4-26(35)33(19-10-8-18(29)9-11-19)24-16-25(28(30,31)32)34(23-13-12-21(38-3)15-22(23)24)27(36)17-6-5-7-20(14-17)37-2/h5-15,24-25H,4,16H2,1-3H3/t24-,25-/m0/s1. The number of methoxy groups -OCH3 is 2. The molecular weight excluding hydrogens is 521 g/mol. The van der Waals surface area contributed by atoms with E-state index in [1.165, 1.54) is 43.4 Å². The zero-order valence-electron chi connectivity index (χ0n) is 21.0. The highest BCUT2D eigenvalue weighted by molar-refractivity contribution is 6.30. The number of halogens is 4. The molecule has 2 amide bonds. The highest BCUT2D eigenvalue weighted by atomic mass is 35.5. The number of anilines is 2. The molecule has 0 spiro atoms. The van der Waals surface area contributed by atoms with Gasteiger partial charge in [0.25, 0.3) is 5.91 Å². The van der Waals surface area contributed by atoms with Crippen LogP contribution in [0.25, 0.3) is 0 Å². The minimum atomic E-state index is -4.79. The maximum atomic E-state index is 14.7. The van der Waals surface area contributed by atoms with Crippen molar-refractivity contribution in [3.05, 3.63) is 82.9 Å². The largest absolute Gasteiger partial charge is 0.497 e. The fourth-order valence-electron chi connectivity index (χ4n) is 4.70. The highest BCUT2D eigenvalue weighted by Crippen LogP contribution is 2.48. The molecule has 1 heterocycles. The van der Waals surface area contributed by atoms with Gasteiger partial charge in [0.15, 0.2) is 0 Å². The van der Waals surface area contributed by atoms with Gasteiger partial charge in [-0.1, -0.05) is 24.6 Å². The van der Waals surface area contributed by atoms with Gasteiger partial charge in [-0.05, 0) is 60.7 Å². The predicted octanol–water partition coefficient (Wildman–Crippen LogP) is 6.82. The van der Waals surface area contributed by atoms with Crippen LogP contribution in [-0.4, -0.2) is 38.3 Å². The number of rotatable bonds is 6. The molecule has 1 aliphatic heterocycles. The van der Waals surface area contributed by atoms with Gasteiger partial charge < -0.3 is 14.4 Å². The van der Waals surface area contributed by atoms with E-state index in [0.717, 1.165) is 4.90 Å². The summed E-state index contributed by atoms with van der Waals surface area (Å²) in [6.07, 6.45) is -5.30. The van der Waals surface area contributed by atoms with E-state index in [9.17, 15) is 22.8 Å². The first-order valence-corrected chi connectivity index (χ1v) is 12.3. The van der Waals surface area contributed by atoms with E-state index < -0.39 is 30.6 Å². The van der Waals surface area contributed by atoms with Gasteiger partial charge in [-0.2, -0.15) is 13.2 Å². The summed E-state index contributed by atoms with van der Waals surface area (Å²) in [5.74, 6) is -0.491. The maximum absolute atomic E-state index is 14.7. The first-order chi connectivity index (χ1) is 18.1. The van der Waals surface area contributed by atoms with E-state index in [1.807, 2.05) is 0 Å². The average molecular weight is 547 g/mol. The summed E-state index contributed by atoms with van der Waals surface area (Å²) < 4.78 is 54.5. The Morgan fingerprint density at radius 1 is 1.00 bits per heavy atom. The summed E-state index contributed by atoms with van der Waals surface area (Å²) >= 11 is 6.03. The number of amides is 2. The molecule has 0 radical (unpaired) electrons. The summed E-state index contributed by atoms with van der Waals surface area (Å²) in [7, 11) is 2.84. The second kappa shape index (κ2) is 10.9. The van der Waals surface area contributed by atoms with E-state index in [1.54, 1.807) is 49.4 Å². The molecule has 4 rings (SSSR count). The SMILES string of the molecule is CCC(=O)N(c1ccc(Cl)cc1)[C@H]1C[C@@H](C(F)(F)F)N(C(=O)c2cccc(OC)c2)c2ccc(OC)cc21. The van der Waals surface area contributed by atoms with Crippen molar-refractivity contribution in [1.82, 2.24) is 0 Å². The summed E-state index contributed by atoms with van der Waals surface area (Å²) in [6, 6.07) is 13.6. The zero-order valence-corrected chi connectivity index (χ0v) is 21.7. The molecule has 10 heteroatoms. The number of fused-ring (bicyclic) bond motifs is 1. The Kier molecular flexibility index (Phi) is 7.87. The van der Waals surface area contributed by atoms with Crippen LogP contribution in [0.15, 0.2) is 66.7 Å². The van der Waals surface area contributed by atoms with E-state index in [2.05, 4.69) is 0 Å². The van der Waals surface area contributed by atoms with Crippen molar-refractivity contribution >= 4 is 34.8 Å². The lowest BCUT2D eigenvalue weighted by molar-refractivity contribution is -0.151. The minimum absolute atomic E-state index is 0.0398. The second-order valence-corrected chi connectivity index (χ2v) is 9.17. The number of carbonyl (C=O) groups is 2. The normalized spacial score (nSPS) is 17.0. The Labute approximate surface area is 223 Å². The highest BCUT2D eigenvalue weighted by Gasteiger charge is 2.52. The van der Waals surface area contributed by atoms with E-state index >= 15 is 0 Å². The Bertz CT molecular complexity index is 1330. The topological polar surface area (TPSA) is 59.1 Å². The quantitative estimate of drug-likeness (QED) is 0.340. The molecule has 3 aromatic carbocycles. The molecule has 0 aromatic heterocycles. The molecule has 0 fully saturated rings. The van der Waals surface area contributed by atoms with Crippen molar-refractivity contribution in [3.63, 3.8) is 0 Å². The lowest BCUT2D eigenvalue weighted by Gasteiger charge is -2.45. The Morgan fingerprint density at radius 3 is 2.26 bits per heavy atom. The van der Waals surface area contributed by atoms with Crippen LogP contribution in [0.2, 0.25) is 5.02 Å². The van der Waals surface area contributed by atoms with Crippen LogP contribution in [0.5, 0.6) is 11.5 Å². The molecule has 3 aromatic rings. The van der Waals surface area contributed by atoms with Crippen LogP contribution in [0.3, 0.4) is 0 Å². The lowest BCUT2D eigenvalue weighted by atomic mass is 9.88. The first-order valence-electron chi connectivity index (χ1n) is 11.9. The first kappa shape index (κ1) is 27.3. The van der Waals surface area contributed by atoms with Gasteiger partial charge in [0, 0.05) is 34.7 Å². The zero-order chi connectivity index (χ0) is 27.6. The van der Waals surface area contributed by atoms with Gasteiger partial charge in [0.1, 0.15) is 17.5 Å². The number of benzene rings is 3. The fraction of sp³-hybridized carbons (Fsp3) is 0.286. The third-order valence-corrected chi connectivity index (χ3v) is 6.76. The van der Waals surface area contributed by atoms with Crippen LogP contribution in [0.1, 0.15) is 41.7 Å². The molecule has 0 saturated carbocycles. The van der Waals surface area contributed by atoms with Crippen molar-refractivity contribution in [2.24, 2.45) is 0 Å². The van der Waals surface area contributed by atoms with Crippen LogP contribution in [0, 0.1) is 0 Å². The molecular formula is C28H26ClF3N2O4. The van der Waals surface area contributed by atoms with Gasteiger partial charge >= 0.3 is 6.18 Å². The van der Waals surface area contributed by atoms with Crippen molar-refractivity contribution in [2.75, 3.05) is 24.0 Å². The van der Waals surface area contributed by atoms with Crippen LogP contribution >= 0.6 is 11.6 Å². The van der Waals surface area contributed by atoms with Crippen LogP contribution < -0.4 is 19.3 Å². The number of alkyl halides is 3. The van der Waals surface area contributed by atoms with Crippen molar-refractivity contribution in [2.45, 2.75) is 38.0 Å². The number of carbonyl (C=O) groups excluding carboxylic acids is 2. The average Bonchev–Trinajstić information content (AvgIpc) is 2.92. The Hall–Kier alpha value is -3.72. The molecule has 38 heavy (non-hydrogen) atoms. The summed E-state index contributed by atoms with van der Waals surface area (Å²) in [4.78, 5) is 29.0. The Balaban J connectivity index is 1.93. The van der Waals surface area contributed by atoms with Crippen LogP contribution in [-0.2, 0) is 4.79 Å². The Morgan fingerprint density at radius 2 is 1.66 bits per heavy atom. The fourth-order valence-corrected chi connectivity index (χ4v) is 4.82. The van der Waals surface area contributed by atoms with Gasteiger partial charge in [-0.15, -0.1) is 0 Å². The van der Waals surface area contributed by atoms with E-state index in [-0.39, 0.29) is 23.6 Å². The molecule has 0 saturated heterocycles. The van der Waals surface area contributed by atoms with Crippen molar-refractivity contribution in [3.8, 4) is 11.5 Å². The van der Waals surface area contributed by atoms with E-state index in [4.69, 9.17) is 21.1 Å². The number of hydrogen-bond acceptors (Lipinski definition) is 4. The smallest absolute Gasteiger partial charge is 0.409 e. The maximum Gasteiger partial charge on any atom is 0.409 e. The van der Waals surface area contributed by atoms with Crippen molar-refractivity contribution < 1.29 is 32.2 Å². The molecule has 0 aliphatic carbocycles. The number of nitrogens with zero attached hydrogens (tertiary/aromatic N) is 2. The van der Waals surface area contributed by atoms with E-state index in [0.29, 0.717) is 27.8 Å². The third kappa shape index (κ3) is 5.29. The predicted molar refractivity (Wildman–Crippen MR) is 139 cm³/mol. The lowest BCUT2D eigenvalue weighted by Crippen LogP contribution is -2.55. The second-order valence-electron chi connectivity index (χ2n) is 8.73. The molecule has 6 nitrogen and oxygen atoms in total. The summed E-state index contributed by atoms with van der Waals surface area (Å²) in [6.45, 7) is 1.64. The third-order valence-electron chi connectivity index (χ3n) is 6.51. The number of hydrogen-bond donors (Lipinski definition) is 0. The van der Waals surface area contributed by atoms with Gasteiger partial charge in [0.2, 0.25) is 5.91 Å². The molecule has 0 N–H and O–H groups in total. The summed E-state index contributed by atoms with van der Waals surface area (Å²) in [5.41, 5.74) is 0.837. The van der Waals surface area contributed by atoms with Crippen LogP contribution in [0.4, 0.5) is 24.5 Å². The molecule has 200 valence electrons. The summed E-state index contributed by atoms with van der Waals surface area (Å²) in [5, 5.41) is 0.423. The molecule has 1 aliphatic rings. The number of ether oxygens (including phenoxy) is 2.